The zero-order valence-corrected chi connectivity index (χ0v) is 17.5. The van der Waals surface area contributed by atoms with Crippen molar-refractivity contribution in [2.75, 3.05) is 13.1 Å². The highest BCUT2D eigenvalue weighted by atomic mass is 35.5. The summed E-state index contributed by atoms with van der Waals surface area (Å²) in [6.07, 6.45) is 0.205. The lowest BCUT2D eigenvalue weighted by molar-refractivity contribution is 0.0790. The number of hydrogen-bond acceptors (Lipinski definition) is 5. The van der Waals surface area contributed by atoms with E-state index in [0.717, 1.165) is 17.2 Å². The lowest BCUT2D eigenvalue weighted by Gasteiger charge is -2.30. The number of aliphatic hydroxyl groups excluding tert-OH is 1. The second-order valence-corrected chi connectivity index (χ2v) is 9.75. The van der Waals surface area contributed by atoms with E-state index < -0.39 is 28.0 Å². The molecule has 1 aliphatic carbocycles. The number of halogens is 3. The molecule has 1 heterocycles. The molecule has 6 nitrogen and oxygen atoms in total. The van der Waals surface area contributed by atoms with Crippen molar-refractivity contribution in [1.29, 1.82) is 0 Å². The number of nitrogens with zero attached hydrogens (tertiary/aromatic N) is 1. The van der Waals surface area contributed by atoms with Crippen LogP contribution < -0.4 is 9.88 Å². The van der Waals surface area contributed by atoms with E-state index in [-0.39, 0.29) is 16.7 Å². The predicted octanol–water partition coefficient (Wildman–Crippen LogP) is 2.89. The van der Waals surface area contributed by atoms with Crippen LogP contribution in [0.5, 0.6) is 5.75 Å². The first kappa shape index (κ1) is 20.8. The van der Waals surface area contributed by atoms with Gasteiger partial charge in [-0.1, -0.05) is 23.2 Å². The fourth-order valence-corrected chi connectivity index (χ4v) is 5.15. The average molecular weight is 461 g/mol. The van der Waals surface area contributed by atoms with E-state index in [1.165, 1.54) is 12.1 Å². The van der Waals surface area contributed by atoms with Crippen LogP contribution in [0.2, 0.25) is 10.0 Å². The van der Waals surface area contributed by atoms with Gasteiger partial charge in [0.25, 0.3) is 0 Å². The van der Waals surface area contributed by atoms with Crippen LogP contribution in [-0.4, -0.2) is 43.7 Å². The van der Waals surface area contributed by atoms with Gasteiger partial charge < -0.3 is 9.84 Å². The summed E-state index contributed by atoms with van der Waals surface area (Å²) in [5, 5.41) is 15.9. The first-order chi connectivity index (χ1) is 13.6. The molecule has 0 unspecified atom stereocenters. The third kappa shape index (κ3) is 4.10. The number of aliphatic hydroxyl groups is 1. The quantitative estimate of drug-likeness (QED) is 0.731. The molecule has 156 valence electrons. The van der Waals surface area contributed by atoms with Gasteiger partial charge in [0, 0.05) is 28.7 Å². The number of β-amino-alcohol motifs (C(OH)–C–C–N with tert-alkyl or cyclic N) is 1. The number of likely N-dealkylation sites (tertiary alicyclic amines) is 1. The van der Waals surface area contributed by atoms with E-state index in [0.29, 0.717) is 36.0 Å². The van der Waals surface area contributed by atoms with Crippen molar-refractivity contribution < 1.29 is 22.7 Å². The van der Waals surface area contributed by atoms with Crippen molar-refractivity contribution >= 4 is 33.2 Å². The van der Waals surface area contributed by atoms with Crippen molar-refractivity contribution in [1.82, 2.24) is 4.90 Å². The SMILES string of the molecule is NS(=O)(=O)c1ccc(O[C@H]2c3cc(Cl)cc(Cl)c3C[C@H]2N2CC[C@@H](O)C2)c(F)c1. The van der Waals surface area contributed by atoms with Gasteiger partial charge in [-0.15, -0.1) is 0 Å². The van der Waals surface area contributed by atoms with E-state index in [1.807, 2.05) is 0 Å². The van der Waals surface area contributed by atoms with Gasteiger partial charge in [0.1, 0.15) is 6.10 Å². The van der Waals surface area contributed by atoms with E-state index in [2.05, 4.69) is 4.90 Å². The minimum atomic E-state index is -4.03. The molecule has 10 heteroatoms. The number of rotatable bonds is 4. The number of hydrogen-bond donors (Lipinski definition) is 2. The summed E-state index contributed by atoms with van der Waals surface area (Å²) in [5.41, 5.74) is 1.62. The minimum absolute atomic E-state index is 0.101. The first-order valence-electron chi connectivity index (χ1n) is 9.02. The van der Waals surface area contributed by atoms with Crippen LogP contribution in [0, 0.1) is 5.82 Å². The van der Waals surface area contributed by atoms with Gasteiger partial charge in [0.2, 0.25) is 10.0 Å². The summed E-state index contributed by atoms with van der Waals surface area (Å²) in [5.74, 6) is -0.936. The molecule has 3 N–H and O–H groups in total. The van der Waals surface area contributed by atoms with Crippen molar-refractivity contribution in [3.05, 3.63) is 57.3 Å². The fourth-order valence-electron chi connectivity index (χ4n) is 4.04. The topological polar surface area (TPSA) is 92.9 Å². The normalized spacial score (nSPS) is 24.7. The Labute approximate surface area is 178 Å². The molecule has 2 aromatic carbocycles. The lowest BCUT2D eigenvalue weighted by atomic mass is 10.1. The molecule has 0 radical (unpaired) electrons. The maximum Gasteiger partial charge on any atom is 0.238 e. The molecule has 0 aromatic heterocycles. The number of ether oxygens (including phenoxy) is 1. The average Bonchev–Trinajstić information content (AvgIpc) is 3.20. The molecule has 1 aliphatic heterocycles. The van der Waals surface area contributed by atoms with Crippen LogP contribution in [0.25, 0.3) is 0 Å². The molecule has 1 saturated heterocycles. The highest BCUT2D eigenvalue weighted by molar-refractivity contribution is 7.89. The Kier molecular flexibility index (Phi) is 5.52. The summed E-state index contributed by atoms with van der Waals surface area (Å²) >= 11 is 12.6. The molecule has 2 aromatic rings. The standard InChI is InChI=1S/C19H19Cl2FN2O4S/c20-10-5-14-13(15(21)6-10)8-17(24-4-3-11(25)9-24)19(14)28-18-2-1-12(7-16(18)22)29(23,26)27/h1-2,5-7,11,17,19,25H,3-4,8-9H2,(H2,23,26,27)/t11-,17-,19+/m1/s1. The molecule has 0 bridgehead atoms. The van der Waals surface area contributed by atoms with E-state index in [9.17, 15) is 17.9 Å². The Balaban J connectivity index is 1.71. The maximum absolute atomic E-state index is 14.6. The van der Waals surface area contributed by atoms with E-state index in [1.54, 1.807) is 12.1 Å². The molecule has 0 spiro atoms. The van der Waals surface area contributed by atoms with Crippen molar-refractivity contribution in [3.63, 3.8) is 0 Å². The summed E-state index contributed by atoms with van der Waals surface area (Å²) in [6.45, 7) is 1.16. The highest BCUT2D eigenvalue weighted by Gasteiger charge is 2.42. The van der Waals surface area contributed by atoms with E-state index >= 15 is 0 Å². The van der Waals surface area contributed by atoms with Gasteiger partial charge in [-0.25, -0.2) is 17.9 Å². The van der Waals surface area contributed by atoms with Crippen molar-refractivity contribution in [2.45, 2.75) is 36.0 Å². The second kappa shape index (κ2) is 7.68. The van der Waals surface area contributed by atoms with Gasteiger partial charge in [0.05, 0.1) is 17.0 Å². The van der Waals surface area contributed by atoms with Gasteiger partial charge in [0.15, 0.2) is 11.6 Å². The number of nitrogens with two attached hydrogens (primary N) is 1. The third-order valence-corrected chi connectivity index (χ3v) is 6.88. The van der Waals surface area contributed by atoms with E-state index in [4.69, 9.17) is 33.1 Å². The molecular formula is C19H19Cl2FN2O4S. The van der Waals surface area contributed by atoms with Crippen molar-refractivity contribution in [2.24, 2.45) is 5.14 Å². The molecule has 4 rings (SSSR count). The van der Waals surface area contributed by atoms with Crippen LogP contribution in [0.3, 0.4) is 0 Å². The van der Waals surface area contributed by atoms with Gasteiger partial charge >= 0.3 is 0 Å². The number of primary sulfonamides is 1. The zero-order valence-electron chi connectivity index (χ0n) is 15.2. The van der Waals surface area contributed by atoms with Crippen molar-refractivity contribution in [3.8, 4) is 5.75 Å². The zero-order chi connectivity index (χ0) is 20.9. The van der Waals surface area contributed by atoms with Gasteiger partial charge in [-0.3, -0.25) is 4.90 Å². The summed E-state index contributed by atoms with van der Waals surface area (Å²) in [6, 6.07) is 6.51. The lowest BCUT2D eigenvalue weighted by Crippen LogP contribution is -2.39. The minimum Gasteiger partial charge on any atom is -0.481 e. The van der Waals surface area contributed by atoms with Crippen LogP contribution >= 0.6 is 23.2 Å². The maximum atomic E-state index is 14.6. The highest BCUT2D eigenvalue weighted by Crippen LogP contribution is 2.43. The smallest absolute Gasteiger partial charge is 0.238 e. The summed E-state index contributed by atoms with van der Waals surface area (Å²) in [7, 11) is -4.03. The molecule has 0 amide bonds. The molecule has 29 heavy (non-hydrogen) atoms. The monoisotopic (exact) mass is 460 g/mol. The van der Waals surface area contributed by atoms with Crippen LogP contribution in [0.1, 0.15) is 23.7 Å². The number of sulfonamides is 1. The van der Waals surface area contributed by atoms with Crippen LogP contribution in [0.15, 0.2) is 35.2 Å². The molecule has 0 saturated carbocycles. The molecule has 3 atom stereocenters. The first-order valence-corrected chi connectivity index (χ1v) is 11.3. The Bertz CT molecular complexity index is 1070. The number of benzene rings is 2. The third-order valence-electron chi connectivity index (χ3n) is 5.41. The second-order valence-electron chi connectivity index (χ2n) is 7.34. The summed E-state index contributed by atoms with van der Waals surface area (Å²) in [4.78, 5) is 1.76. The Morgan fingerprint density at radius 2 is 2.00 bits per heavy atom. The largest absolute Gasteiger partial charge is 0.481 e. The Morgan fingerprint density at radius 3 is 2.62 bits per heavy atom. The summed E-state index contributed by atoms with van der Waals surface area (Å²) < 4.78 is 43.5. The fraction of sp³-hybridized carbons (Fsp3) is 0.368. The molecule has 1 fully saturated rings. The van der Waals surface area contributed by atoms with Crippen LogP contribution in [0.4, 0.5) is 4.39 Å². The number of fused-ring (bicyclic) bond motifs is 1. The molecular weight excluding hydrogens is 442 g/mol. The van der Waals surface area contributed by atoms with Gasteiger partial charge in [-0.05, 0) is 48.7 Å². The van der Waals surface area contributed by atoms with Crippen LogP contribution in [-0.2, 0) is 16.4 Å². The van der Waals surface area contributed by atoms with Gasteiger partial charge in [-0.2, -0.15) is 0 Å². The Hall–Kier alpha value is -1.42. The Morgan fingerprint density at radius 1 is 1.24 bits per heavy atom. The molecule has 2 aliphatic rings. The predicted molar refractivity (Wildman–Crippen MR) is 107 cm³/mol.